The molecular formula is C10H11NO4. The topological polar surface area (TPSA) is 70.8 Å². The standard InChI is InChI=1S/C10H11NO4/c1-13-8-3-2-6-4-9(12)14-5-7(6)10(8)15-11/h2-3H,4-5,11H2,1H3. The van der Waals surface area contributed by atoms with E-state index in [1.54, 1.807) is 6.07 Å². The molecule has 2 N–H and O–H groups in total. The van der Waals surface area contributed by atoms with Crippen LogP contribution >= 0.6 is 0 Å². The third-order valence-electron chi connectivity index (χ3n) is 2.37. The molecule has 1 aromatic carbocycles. The fourth-order valence-corrected chi connectivity index (χ4v) is 1.62. The molecule has 5 nitrogen and oxygen atoms in total. The Morgan fingerprint density at radius 1 is 1.47 bits per heavy atom. The Morgan fingerprint density at radius 2 is 2.27 bits per heavy atom. The number of fused-ring (bicyclic) bond motifs is 1. The highest BCUT2D eigenvalue weighted by molar-refractivity contribution is 5.75. The van der Waals surface area contributed by atoms with E-state index in [1.807, 2.05) is 6.07 Å². The highest BCUT2D eigenvalue weighted by atomic mass is 16.6. The van der Waals surface area contributed by atoms with Gasteiger partial charge in [0.15, 0.2) is 11.5 Å². The molecule has 2 rings (SSSR count). The first-order valence-electron chi connectivity index (χ1n) is 4.47. The zero-order chi connectivity index (χ0) is 10.8. The van der Waals surface area contributed by atoms with E-state index < -0.39 is 0 Å². The van der Waals surface area contributed by atoms with Crippen LogP contribution in [0.3, 0.4) is 0 Å². The maximum Gasteiger partial charge on any atom is 0.310 e. The lowest BCUT2D eigenvalue weighted by Crippen LogP contribution is -2.18. The minimum atomic E-state index is -0.240. The number of carbonyl (C=O) groups is 1. The van der Waals surface area contributed by atoms with E-state index in [0.29, 0.717) is 11.5 Å². The average molecular weight is 209 g/mol. The van der Waals surface area contributed by atoms with Crippen molar-refractivity contribution in [1.82, 2.24) is 0 Å². The van der Waals surface area contributed by atoms with Gasteiger partial charge in [0.1, 0.15) is 6.61 Å². The SMILES string of the molecule is COc1ccc2c(c1ON)COC(=O)C2. The lowest BCUT2D eigenvalue weighted by Gasteiger charge is -2.19. The fourth-order valence-electron chi connectivity index (χ4n) is 1.62. The Kier molecular flexibility index (Phi) is 2.47. The first kappa shape index (κ1) is 9.79. The summed E-state index contributed by atoms with van der Waals surface area (Å²) >= 11 is 0. The Morgan fingerprint density at radius 3 is 2.93 bits per heavy atom. The number of carbonyl (C=O) groups excluding carboxylic acids is 1. The van der Waals surface area contributed by atoms with Gasteiger partial charge in [-0.15, -0.1) is 0 Å². The molecule has 0 atom stereocenters. The first-order chi connectivity index (χ1) is 7.26. The molecule has 0 spiro atoms. The van der Waals surface area contributed by atoms with Crippen molar-refractivity contribution in [2.45, 2.75) is 13.0 Å². The molecule has 0 amide bonds. The van der Waals surface area contributed by atoms with E-state index in [-0.39, 0.29) is 19.0 Å². The number of cyclic esters (lactones) is 1. The van der Waals surface area contributed by atoms with Crippen LogP contribution in [0, 0.1) is 0 Å². The quantitative estimate of drug-likeness (QED) is 0.568. The number of hydrogen-bond donors (Lipinski definition) is 1. The van der Waals surface area contributed by atoms with Crippen molar-refractivity contribution in [1.29, 1.82) is 0 Å². The first-order valence-corrected chi connectivity index (χ1v) is 4.47. The zero-order valence-electron chi connectivity index (χ0n) is 8.28. The normalized spacial score (nSPS) is 14.1. The molecule has 80 valence electrons. The Bertz CT molecular complexity index is 403. The summed E-state index contributed by atoms with van der Waals surface area (Å²) in [6, 6.07) is 3.54. The van der Waals surface area contributed by atoms with Crippen molar-refractivity contribution in [3.05, 3.63) is 23.3 Å². The third-order valence-corrected chi connectivity index (χ3v) is 2.37. The van der Waals surface area contributed by atoms with Crippen LogP contribution in [-0.2, 0) is 22.6 Å². The predicted molar refractivity (Wildman–Crippen MR) is 51.3 cm³/mol. The molecule has 0 radical (unpaired) electrons. The van der Waals surface area contributed by atoms with Gasteiger partial charge < -0.3 is 14.3 Å². The summed E-state index contributed by atoms with van der Waals surface area (Å²) in [5, 5.41) is 0. The zero-order valence-corrected chi connectivity index (χ0v) is 8.28. The number of methoxy groups -OCH3 is 1. The van der Waals surface area contributed by atoms with Crippen LogP contribution in [0.25, 0.3) is 0 Å². The lowest BCUT2D eigenvalue weighted by molar-refractivity contribution is -0.145. The largest absolute Gasteiger partial charge is 0.493 e. The second kappa shape index (κ2) is 3.78. The van der Waals surface area contributed by atoms with Gasteiger partial charge in [-0.05, 0) is 11.6 Å². The van der Waals surface area contributed by atoms with E-state index >= 15 is 0 Å². The minimum absolute atomic E-state index is 0.178. The summed E-state index contributed by atoms with van der Waals surface area (Å²) in [6.07, 6.45) is 0.246. The maximum atomic E-state index is 11.1. The highest BCUT2D eigenvalue weighted by Gasteiger charge is 2.22. The molecule has 0 bridgehead atoms. The highest BCUT2D eigenvalue weighted by Crippen LogP contribution is 2.35. The van der Waals surface area contributed by atoms with Crippen molar-refractivity contribution < 1.29 is 19.1 Å². The smallest absolute Gasteiger partial charge is 0.310 e. The minimum Gasteiger partial charge on any atom is -0.493 e. The summed E-state index contributed by atoms with van der Waals surface area (Å²) < 4.78 is 10.00. The number of nitrogens with two attached hydrogens (primary N) is 1. The van der Waals surface area contributed by atoms with Gasteiger partial charge in [0, 0.05) is 5.56 Å². The Balaban J connectivity index is 2.50. The number of hydrogen-bond acceptors (Lipinski definition) is 5. The van der Waals surface area contributed by atoms with Crippen LogP contribution < -0.4 is 15.5 Å². The van der Waals surface area contributed by atoms with Gasteiger partial charge in [0.25, 0.3) is 0 Å². The number of ether oxygens (including phenoxy) is 2. The van der Waals surface area contributed by atoms with Crippen LogP contribution in [0.2, 0.25) is 0 Å². The third kappa shape index (κ3) is 1.61. The summed E-state index contributed by atoms with van der Waals surface area (Å²) in [7, 11) is 1.53. The van der Waals surface area contributed by atoms with Gasteiger partial charge in [-0.25, -0.2) is 0 Å². The Hall–Kier alpha value is -1.75. The molecule has 0 aliphatic carbocycles. The second-order valence-corrected chi connectivity index (χ2v) is 3.19. The van der Waals surface area contributed by atoms with E-state index in [1.165, 1.54) is 7.11 Å². The summed E-state index contributed by atoms with van der Waals surface area (Å²) in [4.78, 5) is 15.8. The maximum absolute atomic E-state index is 11.1. The van der Waals surface area contributed by atoms with E-state index in [4.69, 9.17) is 20.2 Å². The molecule has 0 fully saturated rings. The van der Waals surface area contributed by atoms with Crippen molar-refractivity contribution in [2.75, 3.05) is 7.11 Å². The summed E-state index contributed by atoms with van der Waals surface area (Å²) in [6.45, 7) is 0.178. The van der Waals surface area contributed by atoms with Gasteiger partial charge in [0.2, 0.25) is 0 Å². The van der Waals surface area contributed by atoms with E-state index in [9.17, 15) is 4.79 Å². The molecule has 0 saturated heterocycles. The van der Waals surface area contributed by atoms with Gasteiger partial charge in [-0.1, -0.05) is 6.07 Å². The van der Waals surface area contributed by atoms with Gasteiger partial charge in [0.05, 0.1) is 13.5 Å². The lowest BCUT2D eigenvalue weighted by atomic mass is 10.0. The molecule has 15 heavy (non-hydrogen) atoms. The number of rotatable bonds is 2. The Labute approximate surface area is 86.7 Å². The van der Waals surface area contributed by atoms with Crippen LogP contribution in [0.1, 0.15) is 11.1 Å². The van der Waals surface area contributed by atoms with Gasteiger partial charge in [-0.2, -0.15) is 5.90 Å². The van der Waals surface area contributed by atoms with Crippen molar-refractivity contribution in [3.8, 4) is 11.5 Å². The predicted octanol–water partition coefficient (Wildman–Crippen LogP) is 0.547. The monoisotopic (exact) mass is 209 g/mol. The van der Waals surface area contributed by atoms with Gasteiger partial charge >= 0.3 is 5.97 Å². The molecule has 0 aromatic heterocycles. The number of benzene rings is 1. The molecule has 1 aromatic rings. The molecule has 1 aliphatic rings. The fraction of sp³-hybridized carbons (Fsp3) is 0.300. The van der Waals surface area contributed by atoms with E-state index in [0.717, 1.165) is 11.1 Å². The molecular weight excluding hydrogens is 198 g/mol. The summed E-state index contributed by atoms with van der Waals surface area (Å²) in [5.74, 6) is 5.89. The van der Waals surface area contributed by atoms with Gasteiger partial charge in [-0.3, -0.25) is 4.79 Å². The molecule has 1 aliphatic heterocycles. The van der Waals surface area contributed by atoms with Crippen LogP contribution in [-0.4, -0.2) is 13.1 Å². The number of esters is 1. The average Bonchev–Trinajstić information content (AvgIpc) is 2.27. The van der Waals surface area contributed by atoms with E-state index in [2.05, 4.69) is 0 Å². The van der Waals surface area contributed by atoms with Crippen LogP contribution in [0.4, 0.5) is 0 Å². The second-order valence-electron chi connectivity index (χ2n) is 3.19. The molecule has 0 unspecified atom stereocenters. The van der Waals surface area contributed by atoms with Crippen LogP contribution in [0.5, 0.6) is 11.5 Å². The molecule has 0 saturated carbocycles. The van der Waals surface area contributed by atoms with Crippen molar-refractivity contribution >= 4 is 5.97 Å². The van der Waals surface area contributed by atoms with Crippen molar-refractivity contribution in [3.63, 3.8) is 0 Å². The van der Waals surface area contributed by atoms with Crippen LogP contribution in [0.15, 0.2) is 12.1 Å². The van der Waals surface area contributed by atoms with Crippen molar-refractivity contribution in [2.24, 2.45) is 5.90 Å². The molecule has 1 heterocycles. The summed E-state index contributed by atoms with van der Waals surface area (Å²) in [5.41, 5.74) is 1.64. The molecule has 5 heteroatoms.